The Morgan fingerprint density at radius 1 is 0.939 bits per heavy atom. The van der Waals surface area contributed by atoms with Crippen LogP contribution < -0.4 is 15.1 Å². The van der Waals surface area contributed by atoms with Gasteiger partial charge in [-0.1, -0.05) is 54.2 Å². The van der Waals surface area contributed by atoms with Gasteiger partial charge < -0.3 is 19.9 Å². The number of aromatic nitrogens is 2. The number of anilines is 3. The van der Waals surface area contributed by atoms with Crippen molar-refractivity contribution in [3.63, 3.8) is 0 Å². The highest BCUT2D eigenvalue weighted by Crippen LogP contribution is 2.42. The Balaban J connectivity index is 1.06. The Hall–Kier alpha value is -5.07. The minimum atomic E-state index is -0.569. The van der Waals surface area contributed by atoms with Crippen LogP contribution in [0.15, 0.2) is 96.2 Å². The molecule has 11 nitrogen and oxygen atoms in total. The van der Waals surface area contributed by atoms with Gasteiger partial charge >= 0.3 is 0 Å². The molecule has 3 aliphatic rings. The fraction of sp³-hybridized carbons (Fsp3) is 0.297. The van der Waals surface area contributed by atoms with Crippen LogP contribution in [0.3, 0.4) is 0 Å². The van der Waals surface area contributed by atoms with E-state index in [0.717, 1.165) is 47.7 Å². The van der Waals surface area contributed by atoms with Crippen LogP contribution in [-0.4, -0.2) is 76.6 Å². The lowest BCUT2D eigenvalue weighted by Crippen LogP contribution is -2.43. The molecule has 3 aliphatic heterocycles. The van der Waals surface area contributed by atoms with E-state index >= 15 is 0 Å². The number of hydrogen-bond acceptors (Lipinski definition) is 9. The Morgan fingerprint density at radius 2 is 1.69 bits per heavy atom. The van der Waals surface area contributed by atoms with Gasteiger partial charge in [0, 0.05) is 31.0 Å². The van der Waals surface area contributed by atoms with Crippen LogP contribution in [0, 0.1) is 6.92 Å². The van der Waals surface area contributed by atoms with Gasteiger partial charge in [-0.25, -0.2) is 14.9 Å². The summed E-state index contributed by atoms with van der Waals surface area (Å²) in [7, 11) is 0. The van der Waals surface area contributed by atoms with Crippen LogP contribution in [0.4, 0.5) is 22.9 Å². The number of rotatable bonds is 8. The standard InChI is InChI=1S/C37H37N7O4S/c1-25-23-39-32(24-38-25)44-36(47)34(49-37(44)41-29-13-15-30(16-14-29)42-18-20-48-21-19-42)27-9-11-28(12-10-27)40-35(46)31-8-5-17-43(31)33(45)22-26-6-3-2-4-7-26/h2-4,6-7,9-16,23-24,31,34H,5,8,17-22H2,1H3,(H,40,46)/t31-,34?/m1/s1. The number of benzene rings is 3. The summed E-state index contributed by atoms with van der Waals surface area (Å²) in [6.07, 6.45) is 4.88. The molecule has 3 aromatic carbocycles. The van der Waals surface area contributed by atoms with E-state index in [1.807, 2.05) is 73.7 Å². The fourth-order valence-corrected chi connectivity index (χ4v) is 7.42. The molecule has 3 fully saturated rings. The van der Waals surface area contributed by atoms with Crippen molar-refractivity contribution < 1.29 is 19.1 Å². The molecule has 0 radical (unpaired) electrons. The lowest BCUT2D eigenvalue weighted by molar-refractivity contribution is -0.136. The second-order valence-corrected chi connectivity index (χ2v) is 13.3. The number of aryl methyl sites for hydroxylation is 1. The molecule has 49 heavy (non-hydrogen) atoms. The van der Waals surface area contributed by atoms with Gasteiger partial charge in [0.05, 0.1) is 43.4 Å². The van der Waals surface area contributed by atoms with E-state index in [2.05, 4.69) is 20.2 Å². The van der Waals surface area contributed by atoms with Crippen molar-refractivity contribution in [3.05, 3.63) is 108 Å². The first-order chi connectivity index (χ1) is 23.9. The minimum absolute atomic E-state index is 0.0516. The van der Waals surface area contributed by atoms with Gasteiger partial charge in [-0.15, -0.1) is 0 Å². The Kier molecular flexibility index (Phi) is 9.67. The molecule has 0 aliphatic carbocycles. The number of carbonyl (C=O) groups excluding carboxylic acids is 3. The van der Waals surface area contributed by atoms with Crippen LogP contribution in [-0.2, 0) is 25.5 Å². The number of nitrogens with zero attached hydrogens (tertiary/aromatic N) is 6. The van der Waals surface area contributed by atoms with Crippen LogP contribution in [0.25, 0.3) is 0 Å². The molecule has 0 bridgehead atoms. The average Bonchev–Trinajstić information content (AvgIpc) is 3.75. The maximum Gasteiger partial charge on any atom is 0.252 e. The first kappa shape index (κ1) is 32.5. The van der Waals surface area contributed by atoms with E-state index in [9.17, 15) is 14.4 Å². The van der Waals surface area contributed by atoms with Crippen molar-refractivity contribution in [2.45, 2.75) is 37.5 Å². The number of thioether (sulfide) groups is 1. The topological polar surface area (TPSA) is 120 Å². The van der Waals surface area contributed by atoms with Gasteiger partial charge in [0.15, 0.2) is 11.0 Å². The summed E-state index contributed by atoms with van der Waals surface area (Å²) >= 11 is 1.35. The number of hydrogen-bond donors (Lipinski definition) is 1. The van der Waals surface area contributed by atoms with Crippen LogP contribution in [0.5, 0.6) is 0 Å². The van der Waals surface area contributed by atoms with Crippen LogP contribution in [0.2, 0.25) is 0 Å². The average molecular weight is 676 g/mol. The molecule has 0 spiro atoms. The summed E-state index contributed by atoms with van der Waals surface area (Å²) in [5.41, 5.74) is 4.87. The van der Waals surface area contributed by atoms with Crippen molar-refractivity contribution >= 4 is 57.5 Å². The molecule has 7 rings (SSSR count). The molecule has 1 N–H and O–H groups in total. The molecule has 12 heteroatoms. The molecule has 0 saturated carbocycles. The molecule has 3 amide bonds. The number of carbonyl (C=O) groups is 3. The monoisotopic (exact) mass is 675 g/mol. The minimum Gasteiger partial charge on any atom is -0.378 e. The molecular formula is C37H37N7O4S. The molecule has 1 aromatic heterocycles. The van der Waals surface area contributed by atoms with Gasteiger partial charge in [-0.2, -0.15) is 0 Å². The Labute approximate surface area is 289 Å². The lowest BCUT2D eigenvalue weighted by Gasteiger charge is -2.28. The summed E-state index contributed by atoms with van der Waals surface area (Å²) in [5, 5.41) is 2.92. The van der Waals surface area contributed by atoms with Crippen molar-refractivity contribution in [1.82, 2.24) is 14.9 Å². The molecule has 4 aromatic rings. The second-order valence-electron chi connectivity index (χ2n) is 12.2. The van der Waals surface area contributed by atoms with Crippen LogP contribution >= 0.6 is 11.8 Å². The molecule has 3 saturated heterocycles. The van der Waals surface area contributed by atoms with Gasteiger partial charge in [-0.05, 0) is 67.3 Å². The zero-order valence-corrected chi connectivity index (χ0v) is 28.0. The molecule has 250 valence electrons. The fourth-order valence-electron chi connectivity index (χ4n) is 6.27. The first-order valence-electron chi connectivity index (χ1n) is 16.5. The number of amides is 3. The number of aliphatic imine (C=N–C) groups is 1. The summed E-state index contributed by atoms with van der Waals surface area (Å²) in [6.45, 7) is 5.51. The molecule has 2 atom stereocenters. The van der Waals surface area contributed by atoms with Gasteiger partial charge in [0.25, 0.3) is 5.91 Å². The summed E-state index contributed by atoms with van der Waals surface area (Å²) in [6, 6.07) is 24.3. The zero-order chi connectivity index (χ0) is 33.7. The predicted molar refractivity (Wildman–Crippen MR) is 191 cm³/mol. The third-order valence-corrected chi connectivity index (χ3v) is 10.1. The van der Waals surface area contributed by atoms with Crippen LogP contribution in [0.1, 0.15) is 34.9 Å². The summed E-state index contributed by atoms with van der Waals surface area (Å²) < 4.78 is 5.48. The number of ether oxygens (including phenoxy) is 1. The number of likely N-dealkylation sites (tertiary alicyclic amines) is 1. The van der Waals surface area contributed by atoms with E-state index in [-0.39, 0.29) is 24.1 Å². The SMILES string of the molecule is Cc1cnc(N2C(=O)C(c3ccc(NC(=O)[C@H]4CCCN4C(=O)Cc4ccccc4)cc3)SC2=Nc2ccc(N3CCOCC3)cc2)cn1. The van der Waals surface area contributed by atoms with Gasteiger partial charge in [0.2, 0.25) is 11.8 Å². The third kappa shape index (κ3) is 7.35. The van der Waals surface area contributed by atoms with E-state index in [1.54, 1.807) is 29.4 Å². The van der Waals surface area contributed by atoms with E-state index < -0.39 is 11.3 Å². The van der Waals surface area contributed by atoms with Crippen molar-refractivity contribution in [1.29, 1.82) is 0 Å². The number of morpholine rings is 1. The van der Waals surface area contributed by atoms with Crippen molar-refractivity contribution in [2.75, 3.05) is 48.0 Å². The lowest BCUT2D eigenvalue weighted by atomic mass is 10.1. The quantitative estimate of drug-likeness (QED) is 0.267. The molecule has 4 heterocycles. The number of amidine groups is 1. The highest BCUT2D eigenvalue weighted by atomic mass is 32.2. The van der Waals surface area contributed by atoms with Crippen molar-refractivity contribution in [2.24, 2.45) is 4.99 Å². The van der Waals surface area contributed by atoms with E-state index in [1.165, 1.54) is 16.7 Å². The highest BCUT2D eigenvalue weighted by molar-refractivity contribution is 8.15. The normalized spacial score (nSPS) is 20.2. The van der Waals surface area contributed by atoms with E-state index in [0.29, 0.717) is 42.9 Å². The second kappa shape index (κ2) is 14.6. The zero-order valence-electron chi connectivity index (χ0n) is 27.2. The third-order valence-electron chi connectivity index (χ3n) is 8.86. The maximum atomic E-state index is 14.0. The summed E-state index contributed by atoms with van der Waals surface area (Å²) in [5.74, 6) is -0.0382. The maximum absolute atomic E-state index is 14.0. The largest absolute Gasteiger partial charge is 0.378 e. The van der Waals surface area contributed by atoms with E-state index in [4.69, 9.17) is 9.73 Å². The Bertz CT molecular complexity index is 1830. The molecular weight excluding hydrogens is 639 g/mol. The highest BCUT2D eigenvalue weighted by Gasteiger charge is 2.41. The smallest absolute Gasteiger partial charge is 0.252 e. The van der Waals surface area contributed by atoms with Gasteiger partial charge in [0.1, 0.15) is 11.3 Å². The summed E-state index contributed by atoms with van der Waals surface area (Å²) in [4.78, 5) is 59.6. The molecule has 1 unspecified atom stereocenters. The van der Waals surface area contributed by atoms with Gasteiger partial charge in [-0.3, -0.25) is 19.4 Å². The van der Waals surface area contributed by atoms with Crippen molar-refractivity contribution in [3.8, 4) is 0 Å². The number of nitrogens with one attached hydrogen (secondary N) is 1. The first-order valence-corrected chi connectivity index (χ1v) is 17.4. The Morgan fingerprint density at radius 3 is 2.41 bits per heavy atom. The predicted octanol–water partition coefficient (Wildman–Crippen LogP) is 5.30.